The van der Waals surface area contributed by atoms with Gasteiger partial charge in [0.05, 0.1) is 12.2 Å². The molecule has 176 valence electrons. The molecule has 1 aliphatic rings. The second-order valence-electron chi connectivity index (χ2n) is 8.06. The maximum absolute atomic E-state index is 12.6. The van der Waals surface area contributed by atoms with E-state index in [1.165, 1.54) is 6.20 Å². The molecular weight excluding hydrogens is 432 g/mol. The Hall–Kier alpha value is -3.94. The summed E-state index contributed by atoms with van der Waals surface area (Å²) in [4.78, 5) is 45.1. The lowest BCUT2D eigenvalue weighted by Gasteiger charge is -2.35. The number of nitrogens with zero attached hydrogens (tertiary/aromatic N) is 3. The Morgan fingerprint density at radius 2 is 1.68 bits per heavy atom. The number of aromatic nitrogens is 1. The normalized spacial score (nSPS) is 13.6. The van der Waals surface area contributed by atoms with Crippen molar-refractivity contribution in [3.05, 3.63) is 71.9 Å². The summed E-state index contributed by atoms with van der Waals surface area (Å²) in [5, 5.41) is 4.94. The third kappa shape index (κ3) is 5.51. The second-order valence-corrected chi connectivity index (χ2v) is 8.06. The molecule has 4 rings (SSSR count). The summed E-state index contributed by atoms with van der Waals surface area (Å²) in [5.41, 5.74) is 1.01. The molecule has 1 fully saturated rings. The number of esters is 1. The smallest absolute Gasteiger partial charge is 0.339 e. The van der Waals surface area contributed by atoms with E-state index in [1.54, 1.807) is 25.1 Å². The minimum absolute atomic E-state index is 0.0177. The van der Waals surface area contributed by atoms with Gasteiger partial charge in [0.2, 0.25) is 5.91 Å². The van der Waals surface area contributed by atoms with Gasteiger partial charge >= 0.3 is 5.97 Å². The van der Waals surface area contributed by atoms with Gasteiger partial charge in [0.1, 0.15) is 5.82 Å². The predicted molar refractivity (Wildman–Crippen MR) is 130 cm³/mol. The molecule has 1 aromatic heterocycles. The molecule has 1 N–H and O–H groups in total. The lowest BCUT2D eigenvalue weighted by Crippen LogP contribution is -2.49. The molecule has 1 aliphatic heterocycles. The number of benzene rings is 2. The van der Waals surface area contributed by atoms with Crippen LogP contribution in [0.3, 0.4) is 0 Å². The highest BCUT2D eigenvalue weighted by molar-refractivity contribution is 5.98. The Balaban J connectivity index is 1.22. The van der Waals surface area contributed by atoms with Crippen LogP contribution in [-0.2, 0) is 9.53 Å². The first-order valence-corrected chi connectivity index (χ1v) is 11.5. The Morgan fingerprint density at radius 3 is 2.38 bits per heavy atom. The summed E-state index contributed by atoms with van der Waals surface area (Å²) in [6.45, 7) is 4.85. The largest absolute Gasteiger partial charge is 0.462 e. The Labute approximate surface area is 198 Å². The van der Waals surface area contributed by atoms with Gasteiger partial charge in [0.25, 0.3) is 5.91 Å². The molecule has 0 bridgehead atoms. The average Bonchev–Trinajstić information content (AvgIpc) is 2.88. The van der Waals surface area contributed by atoms with Crippen LogP contribution >= 0.6 is 0 Å². The molecule has 1 saturated heterocycles. The van der Waals surface area contributed by atoms with Crippen molar-refractivity contribution >= 4 is 34.4 Å². The Morgan fingerprint density at radius 1 is 0.941 bits per heavy atom. The molecule has 3 aromatic rings. The number of carbonyl (C=O) groups excluding carboxylic acids is 3. The van der Waals surface area contributed by atoms with Crippen LogP contribution in [0.4, 0.5) is 5.82 Å². The Bertz CT molecular complexity index is 1170. The zero-order chi connectivity index (χ0) is 23.9. The number of hydrogen-bond acceptors (Lipinski definition) is 6. The lowest BCUT2D eigenvalue weighted by atomic mass is 10.1. The number of carbonyl (C=O) groups is 3. The molecule has 0 aliphatic carbocycles. The highest BCUT2D eigenvalue weighted by Gasteiger charge is 2.22. The fraction of sp³-hybridized carbons (Fsp3) is 0.308. The van der Waals surface area contributed by atoms with Crippen molar-refractivity contribution in [2.24, 2.45) is 0 Å². The van der Waals surface area contributed by atoms with Crippen molar-refractivity contribution in [3.8, 4) is 0 Å². The highest BCUT2D eigenvalue weighted by Crippen LogP contribution is 2.16. The first-order valence-electron chi connectivity index (χ1n) is 11.5. The van der Waals surface area contributed by atoms with Gasteiger partial charge in [-0.15, -0.1) is 0 Å². The van der Waals surface area contributed by atoms with Crippen LogP contribution in [0.2, 0.25) is 0 Å². The van der Waals surface area contributed by atoms with Gasteiger partial charge in [-0.3, -0.25) is 9.59 Å². The van der Waals surface area contributed by atoms with Crippen molar-refractivity contribution in [2.45, 2.75) is 13.3 Å². The van der Waals surface area contributed by atoms with Gasteiger partial charge in [-0.1, -0.05) is 30.3 Å². The SMILES string of the molecule is CCOC(=O)c1ccc(N2CCN(C(=O)CCNC(=O)c3ccc4ccccc4c3)CC2)nc1. The third-order valence-corrected chi connectivity index (χ3v) is 5.85. The number of anilines is 1. The standard InChI is InChI=1S/C26H28N4O4/c1-2-34-26(33)22-9-10-23(28-18-22)29-13-15-30(16-14-29)24(31)11-12-27-25(32)21-8-7-19-5-3-4-6-20(19)17-21/h3-10,17-18H,2,11-16H2,1H3,(H,27,32). The van der Waals surface area contributed by atoms with E-state index in [-0.39, 0.29) is 24.2 Å². The lowest BCUT2D eigenvalue weighted by molar-refractivity contribution is -0.131. The van der Waals surface area contributed by atoms with Crippen molar-refractivity contribution < 1.29 is 19.1 Å². The average molecular weight is 461 g/mol. The number of rotatable bonds is 7. The molecule has 8 nitrogen and oxygen atoms in total. The fourth-order valence-electron chi connectivity index (χ4n) is 3.97. The summed E-state index contributed by atoms with van der Waals surface area (Å²) in [6.07, 6.45) is 1.77. The quantitative estimate of drug-likeness (QED) is 0.545. The summed E-state index contributed by atoms with van der Waals surface area (Å²) < 4.78 is 4.98. The summed E-state index contributed by atoms with van der Waals surface area (Å²) in [5.74, 6) is 0.220. The number of hydrogen-bond donors (Lipinski definition) is 1. The number of piperazine rings is 1. The van der Waals surface area contributed by atoms with Gasteiger partial charge in [-0.05, 0) is 42.0 Å². The Kier molecular flexibility index (Phi) is 7.37. The molecule has 0 saturated carbocycles. The van der Waals surface area contributed by atoms with Crippen LogP contribution in [0.1, 0.15) is 34.1 Å². The minimum Gasteiger partial charge on any atom is -0.462 e. The third-order valence-electron chi connectivity index (χ3n) is 5.85. The number of pyridine rings is 1. The van der Waals surface area contributed by atoms with E-state index in [0.29, 0.717) is 50.5 Å². The van der Waals surface area contributed by atoms with Crippen molar-refractivity contribution in [1.29, 1.82) is 0 Å². The van der Waals surface area contributed by atoms with Gasteiger partial charge in [0.15, 0.2) is 0 Å². The van der Waals surface area contributed by atoms with E-state index in [1.807, 2.05) is 41.3 Å². The molecule has 34 heavy (non-hydrogen) atoms. The van der Waals surface area contributed by atoms with E-state index in [0.717, 1.165) is 16.6 Å². The summed E-state index contributed by atoms with van der Waals surface area (Å²) in [6, 6.07) is 17.0. The topological polar surface area (TPSA) is 91.8 Å². The zero-order valence-electron chi connectivity index (χ0n) is 19.2. The number of nitrogens with one attached hydrogen (secondary N) is 1. The van der Waals surface area contributed by atoms with E-state index in [4.69, 9.17) is 4.74 Å². The van der Waals surface area contributed by atoms with Crippen molar-refractivity contribution in [1.82, 2.24) is 15.2 Å². The van der Waals surface area contributed by atoms with Crippen LogP contribution < -0.4 is 10.2 Å². The van der Waals surface area contributed by atoms with Crippen LogP contribution in [0.15, 0.2) is 60.8 Å². The molecule has 0 atom stereocenters. The minimum atomic E-state index is -0.385. The van der Waals surface area contributed by atoms with Gasteiger partial charge in [-0.2, -0.15) is 0 Å². The molecule has 2 heterocycles. The highest BCUT2D eigenvalue weighted by atomic mass is 16.5. The van der Waals surface area contributed by atoms with Gasteiger partial charge in [0, 0.05) is 50.9 Å². The summed E-state index contributed by atoms with van der Waals surface area (Å²) in [7, 11) is 0. The zero-order valence-corrected chi connectivity index (χ0v) is 19.2. The van der Waals surface area contributed by atoms with Crippen LogP contribution in [0.5, 0.6) is 0 Å². The molecule has 0 unspecified atom stereocenters. The molecule has 2 aromatic carbocycles. The molecule has 0 spiro atoms. The predicted octanol–water partition coefficient (Wildman–Crippen LogP) is 2.88. The second kappa shape index (κ2) is 10.8. The first kappa shape index (κ1) is 23.2. The number of ether oxygens (including phenoxy) is 1. The van der Waals surface area contributed by atoms with Crippen molar-refractivity contribution in [2.75, 3.05) is 44.2 Å². The summed E-state index contributed by atoms with van der Waals surface area (Å²) >= 11 is 0. The van der Waals surface area contributed by atoms with E-state index < -0.39 is 0 Å². The van der Waals surface area contributed by atoms with E-state index in [9.17, 15) is 14.4 Å². The first-order chi connectivity index (χ1) is 16.5. The molecule has 0 radical (unpaired) electrons. The maximum atomic E-state index is 12.6. The van der Waals surface area contributed by atoms with Crippen molar-refractivity contribution in [3.63, 3.8) is 0 Å². The molecule has 8 heteroatoms. The van der Waals surface area contributed by atoms with Gasteiger partial charge in [-0.25, -0.2) is 9.78 Å². The van der Waals surface area contributed by atoms with E-state index >= 15 is 0 Å². The van der Waals surface area contributed by atoms with Gasteiger partial charge < -0.3 is 19.9 Å². The molecular formula is C26H28N4O4. The number of fused-ring (bicyclic) bond motifs is 1. The van der Waals surface area contributed by atoms with Crippen LogP contribution in [0, 0.1) is 0 Å². The molecule has 2 amide bonds. The monoisotopic (exact) mass is 460 g/mol. The fourth-order valence-corrected chi connectivity index (χ4v) is 3.97. The van der Waals surface area contributed by atoms with Crippen LogP contribution in [-0.4, -0.2) is 67.0 Å². The number of amides is 2. The maximum Gasteiger partial charge on any atom is 0.339 e. The van der Waals surface area contributed by atoms with E-state index in [2.05, 4.69) is 15.2 Å². The van der Waals surface area contributed by atoms with Crippen LogP contribution in [0.25, 0.3) is 10.8 Å².